The van der Waals surface area contributed by atoms with E-state index in [-0.39, 0.29) is 35.8 Å². The number of amides is 1. The smallest absolute Gasteiger partial charge is 0.226 e. The van der Waals surface area contributed by atoms with Gasteiger partial charge in [0.2, 0.25) is 5.91 Å². The maximum absolute atomic E-state index is 11.7. The molecule has 3 N–H and O–H groups in total. The van der Waals surface area contributed by atoms with Crippen LogP contribution in [0.2, 0.25) is 0 Å². The molecule has 1 amide bonds. The Morgan fingerprint density at radius 2 is 1.88 bits per heavy atom. The number of halogens is 1. The number of carbonyl (C=O) groups excluding carboxylic acids is 1. The minimum Gasteiger partial charge on any atom is -0.357 e. The van der Waals surface area contributed by atoms with E-state index >= 15 is 0 Å². The molecule has 2 rings (SSSR count). The zero-order valence-corrected chi connectivity index (χ0v) is 18.6. The fraction of sp³-hybridized carbons (Fsp3) is 0.368. The molecular formula is C19H27IN4OS. The lowest BCUT2D eigenvalue weighted by atomic mass is 10.2. The molecule has 0 bridgehead atoms. The molecule has 1 heterocycles. The zero-order chi connectivity index (χ0) is 18.1. The van der Waals surface area contributed by atoms with Gasteiger partial charge in [0.25, 0.3) is 0 Å². The van der Waals surface area contributed by atoms with Crippen molar-refractivity contribution >= 4 is 52.9 Å². The standard InChI is InChI=1S/C19H26N4OS.HI/c1-4-20-19(22-13-17-6-5-11-25-17)21-12-15-7-9-16(10-8-15)23-18(24)14(2)3;/h5-11,14H,4,12-13H2,1-3H3,(H,23,24)(H2,20,21,22);1H. The molecule has 7 heteroatoms. The van der Waals surface area contributed by atoms with Crippen LogP contribution in [-0.4, -0.2) is 18.4 Å². The van der Waals surface area contributed by atoms with Gasteiger partial charge in [0, 0.05) is 23.0 Å². The van der Waals surface area contributed by atoms with E-state index in [4.69, 9.17) is 0 Å². The normalized spacial score (nSPS) is 11.0. The Morgan fingerprint density at radius 1 is 1.15 bits per heavy atom. The first-order valence-electron chi connectivity index (χ1n) is 8.53. The molecule has 2 aromatic rings. The van der Waals surface area contributed by atoms with Crippen LogP contribution in [0.5, 0.6) is 0 Å². The van der Waals surface area contributed by atoms with Crippen molar-refractivity contribution in [1.82, 2.24) is 10.6 Å². The molecule has 0 fully saturated rings. The molecule has 0 spiro atoms. The summed E-state index contributed by atoms with van der Waals surface area (Å²) in [4.78, 5) is 17.6. The molecule has 1 aromatic carbocycles. The Hall–Kier alpha value is -1.61. The Balaban J connectivity index is 0.00000338. The Labute approximate surface area is 176 Å². The van der Waals surface area contributed by atoms with E-state index < -0.39 is 0 Å². The summed E-state index contributed by atoms with van der Waals surface area (Å²) in [5, 5.41) is 11.5. The number of guanidine groups is 1. The first-order chi connectivity index (χ1) is 12.1. The zero-order valence-electron chi connectivity index (χ0n) is 15.4. The van der Waals surface area contributed by atoms with E-state index in [9.17, 15) is 4.79 Å². The number of aliphatic imine (C=N–C) groups is 1. The van der Waals surface area contributed by atoms with Crippen LogP contribution in [0.1, 0.15) is 31.2 Å². The average molecular weight is 486 g/mol. The van der Waals surface area contributed by atoms with Crippen LogP contribution < -0.4 is 16.0 Å². The number of hydrogen-bond acceptors (Lipinski definition) is 3. The minimum atomic E-state index is -0.0265. The number of anilines is 1. The SMILES string of the molecule is CCNC(=NCc1ccc(NC(=O)C(C)C)cc1)NCc1cccs1.I. The number of thiophene rings is 1. The molecule has 0 aliphatic heterocycles. The summed E-state index contributed by atoms with van der Waals surface area (Å²) in [5.41, 5.74) is 1.91. The van der Waals surface area contributed by atoms with Crippen molar-refractivity contribution in [3.05, 3.63) is 52.2 Å². The summed E-state index contributed by atoms with van der Waals surface area (Å²) in [7, 11) is 0. The Bertz CT molecular complexity index is 684. The molecule has 0 radical (unpaired) electrons. The molecule has 0 atom stereocenters. The predicted molar refractivity (Wildman–Crippen MR) is 121 cm³/mol. The number of rotatable bonds is 7. The summed E-state index contributed by atoms with van der Waals surface area (Å²) in [6, 6.07) is 12.0. The quantitative estimate of drug-likeness (QED) is 0.312. The first kappa shape index (κ1) is 22.4. The van der Waals surface area contributed by atoms with Gasteiger partial charge in [-0.25, -0.2) is 4.99 Å². The van der Waals surface area contributed by atoms with Crippen molar-refractivity contribution in [3.8, 4) is 0 Å². The highest BCUT2D eigenvalue weighted by molar-refractivity contribution is 14.0. The van der Waals surface area contributed by atoms with Crippen molar-refractivity contribution in [2.45, 2.75) is 33.9 Å². The molecule has 0 saturated carbocycles. The van der Waals surface area contributed by atoms with Crippen LogP contribution in [0.3, 0.4) is 0 Å². The largest absolute Gasteiger partial charge is 0.357 e. The topological polar surface area (TPSA) is 65.5 Å². The van der Waals surface area contributed by atoms with Crippen LogP contribution >= 0.6 is 35.3 Å². The van der Waals surface area contributed by atoms with Crippen LogP contribution in [0.25, 0.3) is 0 Å². The highest BCUT2D eigenvalue weighted by Crippen LogP contribution is 2.12. The van der Waals surface area contributed by atoms with Crippen molar-refractivity contribution in [2.75, 3.05) is 11.9 Å². The van der Waals surface area contributed by atoms with E-state index in [0.29, 0.717) is 6.54 Å². The lowest BCUT2D eigenvalue weighted by Crippen LogP contribution is -2.36. The maximum Gasteiger partial charge on any atom is 0.226 e. The van der Waals surface area contributed by atoms with Gasteiger partial charge in [-0.05, 0) is 36.1 Å². The van der Waals surface area contributed by atoms with E-state index in [1.807, 2.05) is 44.2 Å². The van der Waals surface area contributed by atoms with Crippen LogP contribution in [0.4, 0.5) is 5.69 Å². The second-order valence-electron chi connectivity index (χ2n) is 5.97. The molecule has 1 aromatic heterocycles. The van der Waals surface area contributed by atoms with Crippen molar-refractivity contribution < 1.29 is 4.79 Å². The lowest BCUT2D eigenvalue weighted by Gasteiger charge is -2.11. The third kappa shape index (κ3) is 7.74. The molecule has 0 unspecified atom stereocenters. The Morgan fingerprint density at radius 3 is 2.46 bits per heavy atom. The molecule has 0 aliphatic rings. The van der Waals surface area contributed by atoms with Gasteiger partial charge in [0.15, 0.2) is 5.96 Å². The second kappa shape index (κ2) is 11.9. The van der Waals surface area contributed by atoms with Crippen LogP contribution in [0.15, 0.2) is 46.8 Å². The third-order valence-corrected chi connectivity index (χ3v) is 4.40. The molecule has 26 heavy (non-hydrogen) atoms. The number of benzene rings is 1. The summed E-state index contributed by atoms with van der Waals surface area (Å²) in [6.45, 7) is 7.97. The van der Waals surface area contributed by atoms with Gasteiger partial charge in [-0.3, -0.25) is 4.79 Å². The summed E-state index contributed by atoms with van der Waals surface area (Å²) < 4.78 is 0. The molecule has 0 aliphatic carbocycles. The van der Waals surface area contributed by atoms with Gasteiger partial charge in [0.05, 0.1) is 13.1 Å². The number of carbonyl (C=O) groups is 1. The molecule has 142 valence electrons. The van der Waals surface area contributed by atoms with Crippen molar-refractivity contribution in [3.63, 3.8) is 0 Å². The van der Waals surface area contributed by atoms with Gasteiger partial charge in [-0.15, -0.1) is 35.3 Å². The minimum absolute atomic E-state index is 0. The van der Waals surface area contributed by atoms with E-state index in [0.717, 1.165) is 30.3 Å². The Kier molecular flexibility index (Phi) is 10.3. The fourth-order valence-corrected chi connectivity index (χ4v) is 2.72. The maximum atomic E-state index is 11.7. The third-order valence-electron chi connectivity index (χ3n) is 3.52. The van der Waals surface area contributed by atoms with E-state index in [1.54, 1.807) is 11.3 Å². The molecular weight excluding hydrogens is 459 g/mol. The average Bonchev–Trinajstić information content (AvgIpc) is 3.12. The monoisotopic (exact) mass is 486 g/mol. The summed E-state index contributed by atoms with van der Waals surface area (Å²) in [5.74, 6) is 0.799. The van der Waals surface area contributed by atoms with E-state index in [2.05, 4.69) is 39.3 Å². The van der Waals surface area contributed by atoms with Crippen LogP contribution in [-0.2, 0) is 17.9 Å². The van der Waals surface area contributed by atoms with Crippen LogP contribution in [0, 0.1) is 5.92 Å². The van der Waals surface area contributed by atoms with Crippen molar-refractivity contribution in [1.29, 1.82) is 0 Å². The van der Waals surface area contributed by atoms with Gasteiger partial charge in [-0.1, -0.05) is 32.0 Å². The number of nitrogens with zero attached hydrogens (tertiary/aromatic N) is 1. The first-order valence-corrected chi connectivity index (χ1v) is 9.40. The highest BCUT2D eigenvalue weighted by atomic mass is 127. The highest BCUT2D eigenvalue weighted by Gasteiger charge is 2.06. The number of hydrogen-bond donors (Lipinski definition) is 3. The van der Waals surface area contributed by atoms with Crippen molar-refractivity contribution in [2.24, 2.45) is 10.9 Å². The van der Waals surface area contributed by atoms with Gasteiger partial charge < -0.3 is 16.0 Å². The lowest BCUT2D eigenvalue weighted by molar-refractivity contribution is -0.118. The second-order valence-corrected chi connectivity index (χ2v) is 7.00. The molecule has 0 saturated heterocycles. The van der Waals surface area contributed by atoms with Gasteiger partial charge in [-0.2, -0.15) is 0 Å². The number of nitrogens with one attached hydrogen (secondary N) is 3. The predicted octanol–water partition coefficient (Wildman–Crippen LogP) is 4.22. The molecule has 5 nitrogen and oxygen atoms in total. The van der Waals surface area contributed by atoms with Gasteiger partial charge >= 0.3 is 0 Å². The fourth-order valence-electron chi connectivity index (χ4n) is 2.08. The van der Waals surface area contributed by atoms with E-state index in [1.165, 1.54) is 4.88 Å². The summed E-state index contributed by atoms with van der Waals surface area (Å²) in [6.07, 6.45) is 0. The van der Waals surface area contributed by atoms with Gasteiger partial charge in [0.1, 0.15) is 0 Å². The summed E-state index contributed by atoms with van der Waals surface area (Å²) >= 11 is 1.73.